The molecule has 0 bridgehead atoms. The van der Waals surface area contributed by atoms with E-state index in [0.717, 1.165) is 17.2 Å². The molecule has 0 aliphatic rings. The zero-order valence-corrected chi connectivity index (χ0v) is 13.7. The van der Waals surface area contributed by atoms with E-state index >= 15 is 0 Å². The monoisotopic (exact) mass is 406 g/mol. The minimum Gasteiger partial charge on any atom is -0.166 e. The molecule has 0 saturated heterocycles. The van der Waals surface area contributed by atoms with Gasteiger partial charge in [-0.3, -0.25) is 0 Å². The van der Waals surface area contributed by atoms with Gasteiger partial charge in [-0.05, 0) is 36.2 Å². The Morgan fingerprint density at radius 3 is 2.15 bits per heavy atom. The van der Waals surface area contributed by atoms with E-state index in [4.69, 9.17) is 0 Å². The van der Waals surface area contributed by atoms with Gasteiger partial charge in [0, 0.05) is 4.47 Å². The Bertz CT molecular complexity index is 604. The summed E-state index contributed by atoms with van der Waals surface area (Å²) in [5.74, 6) is 0. The van der Waals surface area contributed by atoms with Crippen molar-refractivity contribution in [2.24, 2.45) is 0 Å². The molecule has 5 heteroatoms. The number of hydrogen-bond acceptors (Lipinski definition) is 0. The Balaban J connectivity index is 2.43. The lowest BCUT2D eigenvalue weighted by atomic mass is 10.0. The second kappa shape index (κ2) is 5.90. The van der Waals surface area contributed by atoms with Crippen molar-refractivity contribution in [1.29, 1.82) is 0 Å². The molecule has 2 aromatic rings. The molecule has 0 nitrogen and oxygen atoms in total. The number of halogens is 5. The Hall–Kier alpha value is -0.810. The quantitative estimate of drug-likeness (QED) is 0.515. The van der Waals surface area contributed by atoms with Crippen LogP contribution >= 0.6 is 31.9 Å². The average molecular weight is 408 g/mol. The van der Waals surface area contributed by atoms with Gasteiger partial charge in [0.15, 0.2) is 0 Å². The van der Waals surface area contributed by atoms with Gasteiger partial charge in [0.1, 0.15) is 0 Å². The first kappa shape index (κ1) is 15.6. The molecule has 1 atom stereocenters. The fourth-order valence-corrected chi connectivity index (χ4v) is 3.30. The van der Waals surface area contributed by atoms with E-state index in [-0.39, 0.29) is 4.83 Å². The lowest BCUT2D eigenvalue weighted by Crippen LogP contribution is -2.06. The van der Waals surface area contributed by atoms with Gasteiger partial charge in [-0.15, -0.1) is 0 Å². The average Bonchev–Trinajstić information content (AvgIpc) is 2.38. The SMILES string of the molecule is Cc1ccc(C(Br)c2cc(C(F)(F)F)ccc2Br)cc1. The molecule has 2 rings (SSSR count). The van der Waals surface area contributed by atoms with Gasteiger partial charge >= 0.3 is 6.18 Å². The molecule has 2 aromatic carbocycles. The van der Waals surface area contributed by atoms with Gasteiger partial charge in [-0.2, -0.15) is 13.2 Å². The highest BCUT2D eigenvalue weighted by molar-refractivity contribution is 9.11. The summed E-state index contributed by atoms with van der Waals surface area (Å²) in [6.07, 6.45) is -4.34. The Morgan fingerprint density at radius 1 is 1.00 bits per heavy atom. The zero-order valence-electron chi connectivity index (χ0n) is 10.5. The summed E-state index contributed by atoms with van der Waals surface area (Å²) in [4.78, 5) is -0.292. The molecule has 20 heavy (non-hydrogen) atoms. The fraction of sp³-hybridized carbons (Fsp3) is 0.200. The van der Waals surface area contributed by atoms with Crippen LogP contribution in [-0.4, -0.2) is 0 Å². The first-order chi connectivity index (χ1) is 9.29. The molecule has 0 heterocycles. The summed E-state index contributed by atoms with van der Waals surface area (Å²) < 4.78 is 39.0. The molecule has 0 amide bonds. The smallest absolute Gasteiger partial charge is 0.166 e. The number of aryl methyl sites for hydroxylation is 1. The van der Waals surface area contributed by atoms with E-state index < -0.39 is 11.7 Å². The van der Waals surface area contributed by atoms with E-state index in [1.165, 1.54) is 12.1 Å². The van der Waals surface area contributed by atoms with Crippen molar-refractivity contribution >= 4 is 31.9 Å². The van der Waals surface area contributed by atoms with Crippen LogP contribution in [0.15, 0.2) is 46.9 Å². The molecule has 0 fully saturated rings. The molecule has 0 spiro atoms. The summed E-state index contributed by atoms with van der Waals surface area (Å²) in [5, 5.41) is 0. The standard InChI is InChI=1S/C15H11Br2F3/c1-9-2-4-10(5-3-9)14(17)12-8-11(15(18,19)20)6-7-13(12)16/h2-8,14H,1H3. The van der Waals surface area contributed by atoms with Crippen molar-refractivity contribution in [1.82, 2.24) is 0 Å². The normalized spacial score (nSPS) is 13.3. The van der Waals surface area contributed by atoms with Gasteiger partial charge < -0.3 is 0 Å². The van der Waals surface area contributed by atoms with Crippen molar-refractivity contribution < 1.29 is 13.2 Å². The van der Waals surface area contributed by atoms with E-state index in [1.54, 1.807) is 0 Å². The van der Waals surface area contributed by atoms with Crippen LogP contribution in [0.1, 0.15) is 27.1 Å². The van der Waals surface area contributed by atoms with Gasteiger partial charge in [0.2, 0.25) is 0 Å². The molecule has 1 unspecified atom stereocenters. The van der Waals surface area contributed by atoms with E-state index in [9.17, 15) is 13.2 Å². The van der Waals surface area contributed by atoms with Crippen LogP contribution in [0.25, 0.3) is 0 Å². The summed E-state index contributed by atoms with van der Waals surface area (Å²) in [7, 11) is 0. The number of alkyl halides is 4. The van der Waals surface area contributed by atoms with E-state index in [2.05, 4.69) is 31.9 Å². The third kappa shape index (κ3) is 3.44. The van der Waals surface area contributed by atoms with Crippen molar-refractivity contribution in [3.63, 3.8) is 0 Å². The Kier molecular flexibility index (Phi) is 4.59. The van der Waals surface area contributed by atoms with Gasteiger partial charge in [0.25, 0.3) is 0 Å². The second-order valence-electron chi connectivity index (χ2n) is 4.51. The van der Waals surface area contributed by atoms with Crippen LogP contribution in [-0.2, 0) is 6.18 Å². The van der Waals surface area contributed by atoms with Crippen LogP contribution in [0.2, 0.25) is 0 Å². The Labute approximate surface area is 132 Å². The van der Waals surface area contributed by atoms with E-state index in [0.29, 0.717) is 10.0 Å². The molecule has 0 radical (unpaired) electrons. The largest absolute Gasteiger partial charge is 0.416 e. The molecule has 0 aliphatic carbocycles. The minimum atomic E-state index is -4.34. The fourth-order valence-electron chi connectivity index (χ4n) is 1.83. The minimum absolute atomic E-state index is 0.292. The molecule has 106 valence electrons. The zero-order chi connectivity index (χ0) is 14.9. The summed E-state index contributed by atoms with van der Waals surface area (Å²) in [5.41, 5.74) is 1.93. The topological polar surface area (TPSA) is 0 Å². The van der Waals surface area contributed by atoms with Crippen LogP contribution in [0.5, 0.6) is 0 Å². The van der Waals surface area contributed by atoms with Crippen molar-refractivity contribution in [2.45, 2.75) is 17.9 Å². The third-order valence-corrected chi connectivity index (χ3v) is 4.71. The maximum Gasteiger partial charge on any atom is 0.416 e. The second-order valence-corrected chi connectivity index (χ2v) is 6.28. The number of hydrogen-bond donors (Lipinski definition) is 0. The number of benzene rings is 2. The molecule has 0 saturated carbocycles. The maximum absolute atomic E-state index is 12.8. The van der Waals surface area contributed by atoms with Crippen molar-refractivity contribution in [2.75, 3.05) is 0 Å². The summed E-state index contributed by atoms with van der Waals surface area (Å²) >= 11 is 6.79. The summed E-state index contributed by atoms with van der Waals surface area (Å²) in [6, 6.07) is 11.4. The highest BCUT2D eigenvalue weighted by atomic mass is 79.9. The lowest BCUT2D eigenvalue weighted by Gasteiger charge is -2.16. The van der Waals surface area contributed by atoms with Gasteiger partial charge in [0.05, 0.1) is 10.4 Å². The first-order valence-electron chi connectivity index (χ1n) is 5.86. The van der Waals surface area contributed by atoms with Gasteiger partial charge in [-0.1, -0.05) is 61.7 Å². The Morgan fingerprint density at radius 2 is 1.60 bits per heavy atom. The first-order valence-corrected chi connectivity index (χ1v) is 7.57. The molecular formula is C15H11Br2F3. The highest BCUT2D eigenvalue weighted by Crippen LogP contribution is 2.39. The predicted molar refractivity (Wildman–Crippen MR) is 81.1 cm³/mol. The summed E-state index contributed by atoms with van der Waals surface area (Å²) in [6.45, 7) is 1.97. The maximum atomic E-state index is 12.8. The lowest BCUT2D eigenvalue weighted by molar-refractivity contribution is -0.137. The van der Waals surface area contributed by atoms with Crippen molar-refractivity contribution in [3.8, 4) is 0 Å². The van der Waals surface area contributed by atoms with Crippen LogP contribution < -0.4 is 0 Å². The molecular weight excluding hydrogens is 397 g/mol. The highest BCUT2D eigenvalue weighted by Gasteiger charge is 2.31. The third-order valence-electron chi connectivity index (χ3n) is 2.97. The molecule has 0 N–H and O–H groups in total. The van der Waals surface area contributed by atoms with Crippen molar-refractivity contribution in [3.05, 3.63) is 69.2 Å². The van der Waals surface area contributed by atoms with Gasteiger partial charge in [-0.25, -0.2) is 0 Å². The predicted octanol–water partition coefficient (Wildman–Crippen LogP) is 6.26. The van der Waals surface area contributed by atoms with E-state index in [1.807, 2.05) is 31.2 Å². The van der Waals surface area contributed by atoms with Crippen LogP contribution in [0, 0.1) is 6.92 Å². The molecule has 0 aromatic heterocycles. The van der Waals surface area contributed by atoms with Crippen LogP contribution in [0.4, 0.5) is 13.2 Å². The number of rotatable bonds is 2. The molecule has 0 aliphatic heterocycles. The van der Waals surface area contributed by atoms with Crippen LogP contribution in [0.3, 0.4) is 0 Å².